The van der Waals surface area contributed by atoms with Crippen LogP contribution in [-0.2, 0) is 0 Å². The molecule has 1 aliphatic heterocycles. The number of hydrogen-bond acceptors (Lipinski definition) is 3. The third kappa shape index (κ3) is 1.30. The van der Waals surface area contributed by atoms with Gasteiger partial charge in [-0.2, -0.15) is 0 Å². The molecule has 1 aromatic heterocycles. The van der Waals surface area contributed by atoms with E-state index in [0.717, 1.165) is 30.2 Å². The fourth-order valence-corrected chi connectivity index (χ4v) is 1.20. The van der Waals surface area contributed by atoms with E-state index < -0.39 is 0 Å². The first kappa shape index (κ1) is 7.28. The Kier molecular flexibility index (Phi) is 1.78. The molecule has 0 saturated carbocycles. The Morgan fingerprint density at radius 3 is 2.92 bits per heavy atom. The third-order valence-electron chi connectivity index (χ3n) is 1.86. The SMILES string of the molecule is Cc1ccc(C2=NCCN2)cn1. The van der Waals surface area contributed by atoms with Gasteiger partial charge in [-0.1, -0.05) is 0 Å². The van der Waals surface area contributed by atoms with Gasteiger partial charge < -0.3 is 5.32 Å². The van der Waals surface area contributed by atoms with E-state index in [9.17, 15) is 0 Å². The summed E-state index contributed by atoms with van der Waals surface area (Å²) < 4.78 is 0. The molecule has 1 aliphatic rings. The van der Waals surface area contributed by atoms with E-state index in [-0.39, 0.29) is 0 Å². The van der Waals surface area contributed by atoms with Crippen molar-refractivity contribution in [1.29, 1.82) is 0 Å². The topological polar surface area (TPSA) is 37.3 Å². The molecule has 1 aromatic rings. The Hall–Kier alpha value is -1.38. The number of aryl methyl sites for hydroxylation is 1. The molecule has 2 rings (SSSR count). The van der Waals surface area contributed by atoms with Crippen molar-refractivity contribution >= 4 is 5.84 Å². The maximum Gasteiger partial charge on any atom is 0.129 e. The first-order valence-corrected chi connectivity index (χ1v) is 4.07. The lowest BCUT2D eigenvalue weighted by molar-refractivity contribution is 0.959. The lowest BCUT2D eigenvalue weighted by atomic mass is 10.2. The van der Waals surface area contributed by atoms with E-state index in [1.165, 1.54) is 0 Å². The van der Waals surface area contributed by atoms with Crippen molar-refractivity contribution in [3.8, 4) is 0 Å². The van der Waals surface area contributed by atoms with Crippen LogP contribution in [0.2, 0.25) is 0 Å². The molecule has 2 heterocycles. The van der Waals surface area contributed by atoms with Gasteiger partial charge in [-0.3, -0.25) is 9.98 Å². The molecule has 0 unspecified atom stereocenters. The zero-order valence-corrected chi connectivity index (χ0v) is 7.04. The molecule has 12 heavy (non-hydrogen) atoms. The average Bonchev–Trinajstić information content (AvgIpc) is 2.58. The zero-order chi connectivity index (χ0) is 8.39. The number of aliphatic imine (C=N–C) groups is 1. The van der Waals surface area contributed by atoms with Crippen molar-refractivity contribution in [2.45, 2.75) is 6.92 Å². The van der Waals surface area contributed by atoms with Gasteiger partial charge in [0.15, 0.2) is 0 Å². The van der Waals surface area contributed by atoms with Crippen LogP contribution in [0.25, 0.3) is 0 Å². The predicted molar refractivity (Wildman–Crippen MR) is 48.4 cm³/mol. The van der Waals surface area contributed by atoms with Crippen molar-refractivity contribution in [2.75, 3.05) is 13.1 Å². The summed E-state index contributed by atoms with van der Waals surface area (Å²) in [6.07, 6.45) is 1.85. The van der Waals surface area contributed by atoms with Crippen LogP contribution in [0, 0.1) is 6.92 Å². The molecule has 0 fully saturated rings. The van der Waals surface area contributed by atoms with Crippen LogP contribution >= 0.6 is 0 Å². The minimum Gasteiger partial charge on any atom is -0.368 e. The molecule has 62 valence electrons. The lowest BCUT2D eigenvalue weighted by Crippen LogP contribution is -2.19. The van der Waals surface area contributed by atoms with E-state index in [4.69, 9.17) is 0 Å². The second kappa shape index (κ2) is 2.93. The molecule has 0 radical (unpaired) electrons. The fraction of sp³-hybridized carbons (Fsp3) is 0.333. The minimum absolute atomic E-state index is 0.878. The molecule has 0 atom stereocenters. The molecule has 0 amide bonds. The highest BCUT2D eigenvalue weighted by atomic mass is 15.1. The van der Waals surface area contributed by atoms with E-state index >= 15 is 0 Å². The Balaban J connectivity index is 2.28. The summed E-state index contributed by atoms with van der Waals surface area (Å²) in [5.41, 5.74) is 2.12. The van der Waals surface area contributed by atoms with Gasteiger partial charge in [0.1, 0.15) is 5.84 Å². The van der Waals surface area contributed by atoms with Crippen molar-refractivity contribution in [2.24, 2.45) is 4.99 Å². The fourth-order valence-electron chi connectivity index (χ4n) is 1.20. The van der Waals surface area contributed by atoms with Crippen LogP contribution in [0.1, 0.15) is 11.3 Å². The Bertz CT molecular complexity index is 300. The van der Waals surface area contributed by atoms with Crippen LogP contribution < -0.4 is 5.32 Å². The van der Waals surface area contributed by atoms with Gasteiger partial charge in [-0.05, 0) is 19.1 Å². The van der Waals surface area contributed by atoms with Gasteiger partial charge in [0.25, 0.3) is 0 Å². The highest BCUT2D eigenvalue weighted by Gasteiger charge is 2.06. The van der Waals surface area contributed by atoms with Gasteiger partial charge in [0.2, 0.25) is 0 Å². The maximum absolute atomic E-state index is 4.30. The highest BCUT2D eigenvalue weighted by Crippen LogP contribution is 2.02. The Morgan fingerprint density at radius 2 is 2.33 bits per heavy atom. The molecule has 3 nitrogen and oxygen atoms in total. The van der Waals surface area contributed by atoms with E-state index in [2.05, 4.69) is 15.3 Å². The number of nitrogens with one attached hydrogen (secondary N) is 1. The summed E-state index contributed by atoms with van der Waals surface area (Å²) in [5, 5.41) is 3.20. The number of rotatable bonds is 1. The van der Waals surface area contributed by atoms with Crippen molar-refractivity contribution < 1.29 is 0 Å². The lowest BCUT2D eigenvalue weighted by Gasteiger charge is -2.00. The minimum atomic E-state index is 0.878. The highest BCUT2D eigenvalue weighted by molar-refractivity contribution is 5.99. The van der Waals surface area contributed by atoms with Crippen LogP contribution in [-0.4, -0.2) is 23.9 Å². The van der Waals surface area contributed by atoms with Crippen LogP contribution in [0.5, 0.6) is 0 Å². The van der Waals surface area contributed by atoms with Gasteiger partial charge >= 0.3 is 0 Å². The van der Waals surface area contributed by atoms with Crippen LogP contribution in [0.3, 0.4) is 0 Å². The predicted octanol–water partition coefficient (Wildman–Crippen LogP) is 0.740. The summed E-state index contributed by atoms with van der Waals surface area (Å²) in [6, 6.07) is 4.04. The maximum atomic E-state index is 4.30. The third-order valence-corrected chi connectivity index (χ3v) is 1.86. The number of aromatic nitrogens is 1. The molecule has 0 aromatic carbocycles. The van der Waals surface area contributed by atoms with Crippen molar-refractivity contribution in [3.05, 3.63) is 29.6 Å². The van der Waals surface area contributed by atoms with Crippen molar-refractivity contribution in [3.63, 3.8) is 0 Å². The van der Waals surface area contributed by atoms with E-state index in [0.29, 0.717) is 0 Å². The molecule has 0 spiro atoms. The van der Waals surface area contributed by atoms with Crippen molar-refractivity contribution in [1.82, 2.24) is 10.3 Å². The average molecular weight is 161 g/mol. The quantitative estimate of drug-likeness (QED) is 0.659. The Morgan fingerprint density at radius 1 is 1.42 bits per heavy atom. The van der Waals surface area contributed by atoms with Gasteiger partial charge in [-0.25, -0.2) is 0 Å². The second-order valence-electron chi connectivity index (χ2n) is 2.85. The number of amidine groups is 1. The second-order valence-corrected chi connectivity index (χ2v) is 2.85. The van der Waals surface area contributed by atoms with Gasteiger partial charge in [0, 0.05) is 24.0 Å². The number of nitrogens with zero attached hydrogens (tertiary/aromatic N) is 2. The first-order chi connectivity index (χ1) is 5.86. The summed E-state index contributed by atoms with van der Waals surface area (Å²) in [5.74, 6) is 0.975. The molecular formula is C9H11N3. The van der Waals surface area contributed by atoms with E-state index in [1.54, 1.807) is 0 Å². The van der Waals surface area contributed by atoms with Gasteiger partial charge in [0.05, 0.1) is 6.54 Å². The smallest absolute Gasteiger partial charge is 0.129 e. The summed E-state index contributed by atoms with van der Waals surface area (Å²) >= 11 is 0. The number of hydrogen-bond donors (Lipinski definition) is 1. The Labute approximate surface area is 71.6 Å². The van der Waals surface area contributed by atoms with Gasteiger partial charge in [-0.15, -0.1) is 0 Å². The first-order valence-electron chi connectivity index (χ1n) is 4.07. The largest absolute Gasteiger partial charge is 0.368 e. The standard InChI is InChI=1S/C9H11N3/c1-7-2-3-8(6-12-7)9-10-4-5-11-9/h2-3,6H,4-5H2,1H3,(H,10,11). The summed E-state index contributed by atoms with van der Waals surface area (Å²) in [6.45, 7) is 3.81. The zero-order valence-electron chi connectivity index (χ0n) is 7.04. The monoisotopic (exact) mass is 161 g/mol. The van der Waals surface area contributed by atoms with Crippen LogP contribution in [0.4, 0.5) is 0 Å². The molecule has 0 aliphatic carbocycles. The van der Waals surface area contributed by atoms with Crippen LogP contribution in [0.15, 0.2) is 23.3 Å². The van der Waals surface area contributed by atoms with E-state index in [1.807, 2.05) is 25.3 Å². The summed E-state index contributed by atoms with van der Waals surface area (Å²) in [4.78, 5) is 8.50. The normalized spacial score (nSPS) is 15.6. The molecule has 0 bridgehead atoms. The molecule has 3 heteroatoms. The molecular weight excluding hydrogens is 150 g/mol. The summed E-state index contributed by atoms with van der Waals surface area (Å²) in [7, 11) is 0. The number of pyridine rings is 1. The molecule has 0 saturated heterocycles. The molecule has 1 N–H and O–H groups in total.